The van der Waals surface area contributed by atoms with E-state index < -0.39 is 39.6 Å². The molecule has 12 heteroatoms. The Bertz CT molecular complexity index is 1100. The number of alkyl halides is 2. The number of halogens is 3. The van der Waals surface area contributed by atoms with Crippen molar-refractivity contribution < 1.29 is 27.1 Å². The van der Waals surface area contributed by atoms with E-state index >= 15 is 0 Å². The summed E-state index contributed by atoms with van der Waals surface area (Å²) in [4.78, 5) is 12.3. The molecule has 1 saturated carbocycles. The number of aliphatic carboxylic acids is 1. The van der Waals surface area contributed by atoms with Crippen LogP contribution in [-0.4, -0.2) is 62.9 Å². The molecule has 2 saturated heterocycles. The lowest BCUT2D eigenvalue weighted by molar-refractivity contribution is -0.139. The highest BCUT2D eigenvalue weighted by Gasteiger charge is 2.40. The topological polar surface area (TPSA) is 137 Å². The minimum absolute atomic E-state index is 0.0235. The number of carboxylic acids is 1. The van der Waals surface area contributed by atoms with Crippen molar-refractivity contribution in [3.05, 3.63) is 23.2 Å². The summed E-state index contributed by atoms with van der Waals surface area (Å²) in [6, 6.07) is 5.35. The van der Waals surface area contributed by atoms with Gasteiger partial charge in [0.15, 0.2) is 9.84 Å². The third-order valence-corrected chi connectivity index (χ3v) is 10.0. The summed E-state index contributed by atoms with van der Waals surface area (Å²) in [5, 5.41) is 18.6. The zero-order valence-electron chi connectivity index (χ0n) is 24.0. The van der Waals surface area contributed by atoms with Gasteiger partial charge in [0.1, 0.15) is 6.04 Å². The Kier molecular flexibility index (Phi) is 14.8. The summed E-state index contributed by atoms with van der Waals surface area (Å²) in [6.45, 7) is 2.89. The Morgan fingerprint density at radius 2 is 1.83 bits per heavy atom. The van der Waals surface area contributed by atoms with Gasteiger partial charge in [0, 0.05) is 31.1 Å². The molecule has 0 bridgehead atoms. The average Bonchev–Trinajstić information content (AvgIpc) is 3.50. The summed E-state index contributed by atoms with van der Waals surface area (Å²) in [7, 11) is -3.82. The van der Waals surface area contributed by atoms with Crippen molar-refractivity contribution in [2.45, 2.75) is 106 Å². The molecule has 2 heterocycles. The van der Waals surface area contributed by atoms with E-state index in [9.17, 15) is 22.0 Å². The Labute approximate surface area is 248 Å². The third kappa shape index (κ3) is 12.0. The fraction of sp³-hybridized carbons (Fsp3) is 0.724. The summed E-state index contributed by atoms with van der Waals surface area (Å²) >= 11 is 6.11. The molecule has 4 rings (SSSR count). The molecule has 1 aromatic rings. The number of rotatable bonds is 12. The van der Waals surface area contributed by atoms with Crippen LogP contribution < -0.4 is 16.0 Å². The second-order valence-electron chi connectivity index (χ2n) is 11.0. The molecular weight excluding hydrogens is 574 g/mol. The van der Waals surface area contributed by atoms with Gasteiger partial charge in [-0.2, -0.15) is 5.26 Å². The Morgan fingerprint density at radius 1 is 1.20 bits per heavy atom. The number of unbranched alkanes of at least 4 members (excludes halogenated alkanes) is 7. The number of nitriles is 1. The Morgan fingerprint density at radius 3 is 2.27 bits per heavy atom. The lowest BCUT2D eigenvalue weighted by atomic mass is 10.1. The first-order valence-electron chi connectivity index (χ1n) is 14.7. The number of carbonyl (C=O) groups is 1. The van der Waals surface area contributed by atoms with Gasteiger partial charge in [0.2, 0.25) is 0 Å². The van der Waals surface area contributed by atoms with Gasteiger partial charge in [0.25, 0.3) is 5.92 Å². The van der Waals surface area contributed by atoms with Gasteiger partial charge in [-0.3, -0.25) is 4.79 Å². The van der Waals surface area contributed by atoms with Crippen LogP contribution in [0.5, 0.6) is 0 Å². The minimum Gasteiger partial charge on any atom is -0.480 e. The number of anilines is 1. The van der Waals surface area contributed by atoms with Crippen LogP contribution >= 0.6 is 11.6 Å². The van der Waals surface area contributed by atoms with Gasteiger partial charge in [0.05, 0.1) is 27.8 Å². The van der Waals surface area contributed by atoms with Gasteiger partial charge in [-0.1, -0.05) is 63.5 Å². The molecule has 0 spiro atoms. The summed E-state index contributed by atoms with van der Waals surface area (Å²) in [5.74, 6) is -3.43. The highest BCUT2D eigenvalue weighted by atomic mass is 35.5. The fourth-order valence-electron chi connectivity index (χ4n) is 4.67. The predicted molar refractivity (Wildman–Crippen MR) is 158 cm³/mol. The van der Waals surface area contributed by atoms with Crippen LogP contribution in [0.15, 0.2) is 23.1 Å². The van der Waals surface area contributed by atoms with E-state index in [1.165, 1.54) is 74.5 Å². The maximum absolute atomic E-state index is 13.3. The van der Waals surface area contributed by atoms with E-state index in [1.54, 1.807) is 0 Å². The smallest absolute Gasteiger partial charge is 0.320 e. The SMILES string of the molecule is CCCCCCCCCCN.N#CC1CC1.O=C(O)[C@@H]1C[C@@H](S(=O)(=O)c2ccc(N3CCC(F)(F)C3)cc2Cl)CN1. The minimum atomic E-state index is -3.82. The van der Waals surface area contributed by atoms with Crippen molar-refractivity contribution >= 4 is 33.1 Å². The molecule has 232 valence electrons. The van der Waals surface area contributed by atoms with Gasteiger partial charge < -0.3 is 21.1 Å². The summed E-state index contributed by atoms with van der Waals surface area (Å²) in [5.41, 5.74) is 5.83. The molecular formula is C29H45ClF2N4O4S. The molecule has 0 radical (unpaired) electrons. The maximum Gasteiger partial charge on any atom is 0.320 e. The van der Waals surface area contributed by atoms with E-state index in [1.807, 2.05) is 0 Å². The Balaban J connectivity index is 0.000000302. The third-order valence-electron chi connectivity index (χ3n) is 7.40. The van der Waals surface area contributed by atoms with Crippen molar-refractivity contribution in [3.63, 3.8) is 0 Å². The highest BCUT2D eigenvalue weighted by molar-refractivity contribution is 7.92. The summed E-state index contributed by atoms with van der Waals surface area (Å²) < 4.78 is 52.1. The van der Waals surface area contributed by atoms with Crippen LogP contribution in [0.1, 0.15) is 84.0 Å². The fourth-order valence-corrected chi connectivity index (χ4v) is 6.88. The van der Waals surface area contributed by atoms with Gasteiger partial charge in [-0.05, 0) is 50.4 Å². The number of nitrogens with one attached hydrogen (secondary N) is 1. The number of hydrogen-bond donors (Lipinski definition) is 3. The molecule has 4 N–H and O–H groups in total. The van der Waals surface area contributed by atoms with E-state index in [4.69, 9.17) is 27.7 Å². The van der Waals surface area contributed by atoms with Crippen LogP contribution in [0.3, 0.4) is 0 Å². The van der Waals surface area contributed by atoms with E-state index in [2.05, 4.69) is 18.3 Å². The number of nitrogens with zero attached hydrogens (tertiary/aromatic N) is 2. The largest absolute Gasteiger partial charge is 0.480 e. The van der Waals surface area contributed by atoms with E-state index in [0.717, 1.165) is 19.4 Å². The van der Waals surface area contributed by atoms with Crippen LogP contribution in [0.2, 0.25) is 5.02 Å². The molecule has 8 nitrogen and oxygen atoms in total. The maximum atomic E-state index is 13.3. The molecule has 2 atom stereocenters. The van der Waals surface area contributed by atoms with Crippen molar-refractivity contribution in [2.75, 3.05) is 31.1 Å². The molecule has 1 aliphatic carbocycles. The van der Waals surface area contributed by atoms with Crippen LogP contribution in [0.25, 0.3) is 0 Å². The quantitative estimate of drug-likeness (QED) is 0.251. The van der Waals surface area contributed by atoms with Gasteiger partial charge >= 0.3 is 5.97 Å². The van der Waals surface area contributed by atoms with Crippen molar-refractivity contribution in [1.29, 1.82) is 5.26 Å². The molecule has 0 unspecified atom stereocenters. The number of sulfone groups is 1. The lowest BCUT2D eigenvalue weighted by Gasteiger charge is -2.20. The van der Waals surface area contributed by atoms with Gasteiger partial charge in [-0.25, -0.2) is 17.2 Å². The zero-order chi connectivity index (χ0) is 30.5. The number of benzene rings is 1. The lowest BCUT2D eigenvalue weighted by Crippen LogP contribution is -2.30. The average molecular weight is 619 g/mol. The van der Waals surface area contributed by atoms with E-state index in [-0.39, 0.29) is 35.8 Å². The van der Waals surface area contributed by atoms with Crippen molar-refractivity contribution in [2.24, 2.45) is 11.7 Å². The standard InChI is InChI=1S/C15H17ClF2N2O4S.C10H23N.C4H5N/c16-11-5-9(20-4-3-15(17,18)8-20)1-2-13(11)25(23,24)10-6-12(14(21)22)19-7-10;1-2-3-4-5-6-7-8-9-10-11;5-3-4-1-2-4/h1-2,5,10,12,19H,3-4,6-8H2,(H,21,22);2-11H2,1H3;4H,1-2H2/t10-,12+;;/m1../s1. The molecule has 41 heavy (non-hydrogen) atoms. The number of nitrogens with two attached hydrogens (primary N) is 1. The highest BCUT2D eigenvalue weighted by Crippen LogP contribution is 2.35. The normalized spacial score (nSPS) is 21.3. The molecule has 1 aromatic carbocycles. The monoisotopic (exact) mass is 618 g/mol. The molecule has 3 fully saturated rings. The second-order valence-corrected chi connectivity index (χ2v) is 13.6. The first kappa shape index (κ1) is 35.2. The Hall–Kier alpha value is -2.00. The van der Waals surface area contributed by atoms with Crippen LogP contribution in [0, 0.1) is 17.2 Å². The van der Waals surface area contributed by atoms with Crippen molar-refractivity contribution in [1.82, 2.24) is 5.32 Å². The zero-order valence-corrected chi connectivity index (χ0v) is 25.5. The molecule has 3 aliphatic rings. The first-order chi connectivity index (χ1) is 19.4. The van der Waals surface area contributed by atoms with Crippen LogP contribution in [0.4, 0.5) is 14.5 Å². The van der Waals surface area contributed by atoms with Crippen LogP contribution in [-0.2, 0) is 14.6 Å². The number of hydrogen-bond acceptors (Lipinski definition) is 7. The van der Waals surface area contributed by atoms with Gasteiger partial charge in [-0.15, -0.1) is 0 Å². The van der Waals surface area contributed by atoms with E-state index in [0.29, 0.717) is 11.6 Å². The number of carboxylic acid groups (broad SMARTS) is 1. The van der Waals surface area contributed by atoms with Crippen molar-refractivity contribution in [3.8, 4) is 6.07 Å². The first-order valence-corrected chi connectivity index (χ1v) is 16.6. The molecule has 0 amide bonds. The predicted octanol–water partition coefficient (Wildman–Crippen LogP) is 5.78. The summed E-state index contributed by atoms with van der Waals surface area (Å²) in [6.07, 6.45) is 13.0. The molecule has 0 aromatic heterocycles. The second kappa shape index (κ2) is 17.2. The molecule has 2 aliphatic heterocycles.